The van der Waals surface area contributed by atoms with Gasteiger partial charge in [0.2, 0.25) is 17.5 Å². The molecule has 0 spiro atoms. The first-order chi connectivity index (χ1) is 13.0. The van der Waals surface area contributed by atoms with Crippen molar-refractivity contribution >= 4 is 23.3 Å². The van der Waals surface area contributed by atoms with Gasteiger partial charge >= 0.3 is 0 Å². The second kappa shape index (κ2) is 6.76. The maximum Gasteiger partial charge on any atom is 0.291 e. The van der Waals surface area contributed by atoms with Gasteiger partial charge in [-0.25, -0.2) is 9.50 Å². The summed E-state index contributed by atoms with van der Waals surface area (Å²) in [7, 11) is 0. The smallest absolute Gasteiger partial charge is 0.291 e. The molecule has 0 radical (unpaired) electrons. The molecule has 3 heterocycles. The summed E-state index contributed by atoms with van der Waals surface area (Å²) in [5.74, 6) is 0.583. The van der Waals surface area contributed by atoms with E-state index in [9.17, 15) is 4.79 Å². The molecule has 1 aromatic carbocycles. The molecule has 4 aromatic rings. The summed E-state index contributed by atoms with van der Waals surface area (Å²) < 4.78 is 6.68. The summed E-state index contributed by atoms with van der Waals surface area (Å²) in [4.78, 5) is 25.0. The predicted molar refractivity (Wildman–Crippen MR) is 96.2 cm³/mol. The normalized spacial score (nSPS) is 11.1. The number of aryl methyl sites for hydroxylation is 2. The van der Waals surface area contributed by atoms with Crippen LogP contribution in [0.1, 0.15) is 27.9 Å². The molecule has 10 heteroatoms. The zero-order chi connectivity index (χ0) is 19.0. The van der Waals surface area contributed by atoms with E-state index in [4.69, 9.17) is 16.1 Å². The summed E-state index contributed by atoms with van der Waals surface area (Å²) in [6.07, 6.45) is 0. The standard InChI is InChI=1S/C17H14ClN7O2/c1-9-6-10(2)25-17(20-9)22-15(23-25)16(26)19-8-13-21-14(24-27-13)11-4-3-5-12(18)7-11/h3-7H,8H2,1-2H3,(H,19,26). The van der Waals surface area contributed by atoms with Crippen molar-refractivity contribution in [2.45, 2.75) is 20.4 Å². The lowest BCUT2D eigenvalue weighted by molar-refractivity contribution is 0.0936. The van der Waals surface area contributed by atoms with E-state index in [1.807, 2.05) is 26.0 Å². The van der Waals surface area contributed by atoms with Crippen LogP contribution in [0, 0.1) is 13.8 Å². The van der Waals surface area contributed by atoms with Gasteiger partial charge in [0.15, 0.2) is 0 Å². The topological polar surface area (TPSA) is 111 Å². The van der Waals surface area contributed by atoms with E-state index in [1.54, 1.807) is 18.2 Å². The van der Waals surface area contributed by atoms with Crippen LogP contribution in [-0.2, 0) is 6.54 Å². The third-order valence-electron chi connectivity index (χ3n) is 3.77. The Hall–Kier alpha value is -3.33. The summed E-state index contributed by atoms with van der Waals surface area (Å²) in [5.41, 5.74) is 2.37. The van der Waals surface area contributed by atoms with Crippen molar-refractivity contribution in [2.75, 3.05) is 0 Å². The lowest BCUT2D eigenvalue weighted by Crippen LogP contribution is -2.24. The Balaban J connectivity index is 1.48. The van der Waals surface area contributed by atoms with E-state index in [1.165, 1.54) is 4.52 Å². The monoisotopic (exact) mass is 383 g/mol. The van der Waals surface area contributed by atoms with E-state index in [0.717, 1.165) is 17.0 Å². The molecule has 3 aromatic heterocycles. The number of aromatic nitrogens is 6. The van der Waals surface area contributed by atoms with Crippen molar-refractivity contribution < 1.29 is 9.32 Å². The van der Waals surface area contributed by atoms with E-state index < -0.39 is 5.91 Å². The molecule has 4 rings (SSSR count). The fraction of sp³-hybridized carbons (Fsp3) is 0.176. The highest BCUT2D eigenvalue weighted by atomic mass is 35.5. The molecule has 1 N–H and O–H groups in total. The van der Waals surface area contributed by atoms with Crippen molar-refractivity contribution in [1.82, 2.24) is 35.0 Å². The van der Waals surface area contributed by atoms with Gasteiger partial charge in [-0.05, 0) is 32.0 Å². The molecule has 0 saturated carbocycles. The second-order valence-corrected chi connectivity index (χ2v) is 6.33. The lowest BCUT2D eigenvalue weighted by atomic mass is 10.2. The molecular formula is C17H14ClN7O2. The molecule has 0 bridgehead atoms. The van der Waals surface area contributed by atoms with Crippen molar-refractivity contribution in [3.63, 3.8) is 0 Å². The Morgan fingerprint density at radius 2 is 2.07 bits per heavy atom. The van der Waals surface area contributed by atoms with Gasteiger partial charge in [0.05, 0.1) is 6.54 Å². The lowest BCUT2D eigenvalue weighted by Gasteiger charge is -1.98. The first-order valence-electron chi connectivity index (χ1n) is 8.07. The van der Waals surface area contributed by atoms with Gasteiger partial charge in [0, 0.05) is 22.0 Å². The van der Waals surface area contributed by atoms with Crippen LogP contribution in [0.25, 0.3) is 17.2 Å². The third-order valence-corrected chi connectivity index (χ3v) is 4.01. The first kappa shape index (κ1) is 17.1. The number of hydrogen-bond donors (Lipinski definition) is 1. The van der Waals surface area contributed by atoms with Crippen molar-refractivity contribution in [3.8, 4) is 11.4 Å². The molecule has 136 valence electrons. The predicted octanol–water partition coefficient (Wildman–Crippen LogP) is 2.37. The van der Waals surface area contributed by atoms with Crippen LogP contribution < -0.4 is 5.32 Å². The molecule has 9 nitrogen and oxygen atoms in total. The number of rotatable bonds is 4. The fourth-order valence-electron chi connectivity index (χ4n) is 2.57. The average Bonchev–Trinajstić information content (AvgIpc) is 3.26. The molecule has 0 aliphatic rings. The Kier molecular flexibility index (Phi) is 4.28. The number of fused-ring (bicyclic) bond motifs is 1. The quantitative estimate of drug-likeness (QED) is 0.575. The number of carbonyl (C=O) groups excluding carboxylic acids is 1. The Labute approximate surface area is 158 Å². The molecule has 0 saturated heterocycles. The third kappa shape index (κ3) is 3.49. The molecule has 0 aliphatic carbocycles. The number of nitrogens with zero attached hydrogens (tertiary/aromatic N) is 6. The Morgan fingerprint density at radius 1 is 1.22 bits per heavy atom. The molecular weight excluding hydrogens is 370 g/mol. The summed E-state index contributed by atoms with van der Waals surface area (Å²) in [5, 5.41) is 11.3. The number of hydrogen-bond acceptors (Lipinski definition) is 7. The number of amides is 1. The van der Waals surface area contributed by atoms with Gasteiger partial charge in [0.1, 0.15) is 0 Å². The summed E-state index contributed by atoms with van der Waals surface area (Å²) in [6, 6.07) is 8.96. The van der Waals surface area contributed by atoms with Crippen molar-refractivity contribution in [3.05, 3.63) is 58.5 Å². The highest BCUT2D eigenvalue weighted by Gasteiger charge is 2.16. The average molecular weight is 384 g/mol. The Morgan fingerprint density at radius 3 is 2.89 bits per heavy atom. The van der Waals surface area contributed by atoms with Crippen molar-refractivity contribution in [1.29, 1.82) is 0 Å². The molecule has 27 heavy (non-hydrogen) atoms. The van der Waals surface area contributed by atoms with Crippen LogP contribution in [0.2, 0.25) is 5.02 Å². The fourth-order valence-corrected chi connectivity index (χ4v) is 2.76. The largest absolute Gasteiger partial charge is 0.340 e. The van der Waals surface area contributed by atoms with E-state index in [-0.39, 0.29) is 18.3 Å². The van der Waals surface area contributed by atoms with Gasteiger partial charge in [0.25, 0.3) is 11.7 Å². The molecule has 0 atom stereocenters. The molecule has 0 aliphatic heterocycles. The number of benzene rings is 1. The first-order valence-corrected chi connectivity index (χ1v) is 8.45. The van der Waals surface area contributed by atoms with Crippen LogP contribution >= 0.6 is 11.6 Å². The van der Waals surface area contributed by atoms with Gasteiger partial charge in [-0.15, -0.1) is 5.10 Å². The zero-order valence-electron chi connectivity index (χ0n) is 14.5. The Bertz CT molecular complexity index is 1150. The van der Waals surface area contributed by atoms with Gasteiger partial charge in [-0.3, -0.25) is 4.79 Å². The summed E-state index contributed by atoms with van der Waals surface area (Å²) >= 11 is 5.96. The number of carbonyl (C=O) groups is 1. The highest BCUT2D eigenvalue weighted by molar-refractivity contribution is 6.30. The maximum atomic E-state index is 12.3. The van der Waals surface area contributed by atoms with Crippen LogP contribution in [0.3, 0.4) is 0 Å². The second-order valence-electron chi connectivity index (χ2n) is 5.89. The van der Waals surface area contributed by atoms with Crippen LogP contribution in [0.5, 0.6) is 0 Å². The molecule has 0 fully saturated rings. The van der Waals surface area contributed by atoms with E-state index in [0.29, 0.717) is 16.6 Å². The molecule has 0 unspecified atom stereocenters. The molecule has 1 amide bonds. The highest BCUT2D eigenvalue weighted by Crippen LogP contribution is 2.19. The minimum absolute atomic E-state index is 0.0192. The number of halogens is 1. The van der Waals surface area contributed by atoms with Crippen molar-refractivity contribution in [2.24, 2.45) is 0 Å². The van der Waals surface area contributed by atoms with Crippen LogP contribution in [0.15, 0.2) is 34.9 Å². The zero-order valence-corrected chi connectivity index (χ0v) is 15.2. The SMILES string of the molecule is Cc1cc(C)n2nc(C(=O)NCc3nc(-c4cccc(Cl)c4)no3)nc2n1. The van der Waals surface area contributed by atoms with E-state index >= 15 is 0 Å². The van der Waals surface area contributed by atoms with Crippen LogP contribution in [-0.4, -0.2) is 35.6 Å². The van der Waals surface area contributed by atoms with Gasteiger partial charge in [-0.1, -0.05) is 28.9 Å². The summed E-state index contributed by atoms with van der Waals surface area (Å²) in [6.45, 7) is 3.77. The van der Waals surface area contributed by atoms with Crippen LogP contribution in [0.4, 0.5) is 0 Å². The number of nitrogens with one attached hydrogen (secondary N) is 1. The minimum atomic E-state index is -0.458. The van der Waals surface area contributed by atoms with Gasteiger partial charge < -0.3 is 9.84 Å². The van der Waals surface area contributed by atoms with Gasteiger partial charge in [-0.2, -0.15) is 9.97 Å². The maximum absolute atomic E-state index is 12.3. The van der Waals surface area contributed by atoms with E-state index in [2.05, 4.69) is 30.5 Å². The minimum Gasteiger partial charge on any atom is -0.340 e.